The summed E-state index contributed by atoms with van der Waals surface area (Å²) in [5, 5.41) is 48.3. The molecule has 0 aromatic carbocycles. The molecule has 3 heterocycles. The van der Waals surface area contributed by atoms with Gasteiger partial charge >= 0.3 is 5.97 Å². The van der Waals surface area contributed by atoms with Gasteiger partial charge in [-0.15, -0.1) is 0 Å². The average molecular weight is 923 g/mol. The first-order valence-corrected chi connectivity index (χ1v) is 24.0. The van der Waals surface area contributed by atoms with Crippen LogP contribution in [0.15, 0.2) is 23.3 Å². The van der Waals surface area contributed by atoms with Gasteiger partial charge in [-0.1, -0.05) is 38.0 Å². The van der Waals surface area contributed by atoms with Gasteiger partial charge in [0.25, 0.3) is 0 Å². The lowest BCUT2D eigenvalue weighted by Crippen LogP contribution is -2.78. The van der Waals surface area contributed by atoms with Gasteiger partial charge in [0, 0.05) is 52.6 Å². The summed E-state index contributed by atoms with van der Waals surface area (Å²) in [4.78, 5) is 26.8. The van der Waals surface area contributed by atoms with Crippen molar-refractivity contribution in [1.29, 1.82) is 0 Å². The Morgan fingerprint density at radius 2 is 1.31 bits per heavy atom. The molecule has 16 heteroatoms. The van der Waals surface area contributed by atoms with E-state index in [4.69, 9.17) is 47.4 Å². The molecule has 65 heavy (non-hydrogen) atoms. The fourth-order valence-corrected chi connectivity index (χ4v) is 12.9. The second-order valence-electron chi connectivity index (χ2n) is 21.0. The third-order valence-corrected chi connectivity index (χ3v) is 17.4. The van der Waals surface area contributed by atoms with Gasteiger partial charge in [0.2, 0.25) is 0 Å². The molecule has 0 amide bonds. The molecule has 0 radical (unpaired) electrons. The van der Waals surface area contributed by atoms with Gasteiger partial charge in [-0.05, 0) is 97.8 Å². The van der Waals surface area contributed by atoms with E-state index in [9.17, 15) is 30.0 Å². The van der Waals surface area contributed by atoms with Crippen LogP contribution in [-0.4, -0.2) is 156 Å². The Hall–Kier alpha value is -1.90. The number of fused-ring (bicyclic) bond motifs is 5. The number of rotatable bonds is 13. The fourth-order valence-electron chi connectivity index (χ4n) is 12.9. The zero-order valence-electron chi connectivity index (χ0n) is 40.7. The number of hydrogen-bond acceptors (Lipinski definition) is 16. The molecule has 6 fully saturated rings. The molecular formula is C49H78O16. The number of hydrogen-bond donors (Lipinski definition) is 4. The predicted octanol–water partition coefficient (Wildman–Crippen LogP) is 4.59. The molecule has 0 bridgehead atoms. The van der Waals surface area contributed by atoms with Crippen LogP contribution >= 0.6 is 0 Å². The molecule has 7 rings (SSSR count). The summed E-state index contributed by atoms with van der Waals surface area (Å²) < 4.78 is 62.1. The molecule has 0 aromatic heterocycles. The first-order chi connectivity index (χ1) is 30.5. The first-order valence-electron chi connectivity index (χ1n) is 24.0. The maximum absolute atomic E-state index is 13.5. The Bertz CT molecular complexity index is 1790. The normalized spacial score (nSPS) is 49.1. The van der Waals surface area contributed by atoms with Crippen LogP contribution in [0.3, 0.4) is 0 Å². The molecule has 3 aliphatic heterocycles. The SMILES string of the molecule is COC1CC(OC2C(C)OC(OC3C(C)OC(OC4CC[C@@]5(C)C(=CC[C@]6(O)[C@H]5CC(OC(=O)C=C(C)C(C)C)[C@@]5(C)[C@]6(O)CC[C@@]5(O)C(C)=O)C4)CC3OC)CC2OC)OC(C)C1O. The highest BCUT2D eigenvalue weighted by Gasteiger charge is 2.81. The van der Waals surface area contributed by atoms with Gasteiger partial charge in [-0.2, -0.15) is 0 Å². The largest absolute Gasteiger partial charge is 0.458 e. The highest BCUT2D eigenvalue weighted by Crippen LogP contribution is 2.71. The molecule has 4 N–H and O–H groups in total. The summed E-state index contributed by atoms with van der Waals surface area (Å²) in [7, 11) is 4.84. The molecule has 20 atom stereocenters. The summed E-state index contributed by atoms with van der Waals surface area (Å²) in [5.41, 5.74) is -6.04. The molecule has 4 aliphatic carbocycles. The van der Waals surface area contributed by atoms with Crippen LogP contribution in [0.2, 0.25) is 0 Å². The van der Waals surface area contributed by atoms with Crippen LogP contribution in [-0.2, 0) is 57.0 Å². The molecule has 0 spiro atoms. The zero-order valence-corrected chi connectivity index (χ0v) is 40.7. The highest BCUT2D eigenvalue weighted by atomic mass is 16.7. The minimum Gasteiger partial charge on any atom is -0.458 e. The van der Waals surface area contributed by atoms with Crippen molar-refractivity contribution >= 4 is 11.8 Å². The zero-order chi connectivity index (χ0) is 47.6. The van der Waals surface area contributed by atoms with Gasteiger partial charge in [0.05, 0.1) is 48.1 Å². The third-order valence-electron chi connectivity index (χ3n) is 17.4. The lowest BCUT2D eigenvalue weighted by atomic mass is 9.42. The fraction of sp³-hybridized carbons (Fsp3) is 0.878. The average Bonchev–Trinajstić information content (AvgIpc) is 3.48. The van der Waals surface area contributed by atoms with Crippen molar-refractivity contribution in [3.63, 3.8) is 0 Å². The Labute approximate surface area is 384 Å². The number of aliphatic hydroxyl groups is 4. The highest BCUT2D eigenvalue weighted by molar-refractivity contribution is 5.87. The van der Waals surface area contributed by atoms with E-state index < -0.39 is 113 Å². The van der Waals surface area contributed by atoms with Crippen LogP contribution in [0, 0.1) is 22.7 Å². The molecule has 7 aliphatic rings. The van der Waals surface area contributed by atoms with Gasteiger partial charge in [-0.3, -0.25) is 4.79 Å². The quantitative estimate of drug-likeness (QED) is 0.113. The maximum Gasteiger partial charge on any atom is 0.330 e. The van der Waals surface area contributed by atoms with Crippen molar-refractivity contribution in [2.24, 2.45) is 22.7 Å². The number of carbonyl (C=O) groups is 2. The lowest BCUT2D eigenvalue weighted by Gasteiger charge is -2.67. The Morgan fingerprint density at radius 1 is 0.769 bits per heavy atom. The van der Waals surface area contributed by atoms with Crippen LogP contribution in [0.1, 0.15) is 127 Å². The third kappa shape index (κ3) is 8.75. The van der Waals surface area contributed by atoms with Gasteiger partial charge < -0.3 is 67.8 Å². The number of esters is 1. The van der Waals surface area contributed by atoms with Gasteiger partial charge in [0.1, 0.15) is 41.2 Å². The summed E-state index contributed by atoms with van der Waals surface area (Å²) in [6.45, 7) is 16.4. The molecule has 3 saturated carbocycles. The maximum atomic E-state index is 13.5. The first kappa shape index (κ1) is 51.0. The van der Waals surface area contributed by atoms with E-state index in [1.54, 1.807) is 35.2 Å². The summed E-state index contributed by atoms with van der Waals surface area (Å²) >= 11 is 0. The molecule has 370 valence electrons. The summed E-state index contributed by atoms with van der Waals surface area (Å²) in [5.74, 6) is -1.59. The summed E-state index contributed by atoms with van der Waals surface area (Å²) in [6, 6.07) is 0. The molecule has 0 aromatic rings. The lowest BCUT2D eigenvalue weighted by molar-refractivity contribution is -0.338. The molecule has 14 unspecified atom stereocenters. The van der Waals surface area contributed by atoms with Crippen molar-refractivity contribution in [3.05, 3.63) is 23.3 Å². The number of methoxy groups -OCH3 is 3. The smallest absolute Gasteiger partial charge is 0.330 e. The van der Waals surface area contributed by atoms with Gasteiger partial charge in [-0.25, -0.2) is 4.79 Å². The Balaban J connectivity index is 1.01. The number of Topliss-reactive ketones (excluding diaryl/α,β-unsaturated/α-hetero) is 1. The second kappa shape index (κ2) is 19.1. The molecule has 3 saturated heterocycles. The van der Waals surface area contributed by atoms with Crippen molar-refractivity contribution < 1.29 is 77.4 Å². The topological polar surface area (TPSA) is 207 Å². The van der Waals surface area contributed by atoms with E-state index >= 15 is 0 Å². The van der Waals surface area contributed by atoms with E-state index in [1.807, 2.05) is 40.7 Å². The number of aliphatic hydroxyl groups excluding tert-OH is 1. The van der Waals surface area contributed by atoms with Crippen LogP contribution in [0.4, 0.5) is 0 Å². The predicted molar refractivity (Wildman–Crippen MR) is 234 cm³/mol. The Kier molecular flexibility index (Phi) is 15.0. The molecular weight excluding hydrogens is 845 g/mol. The van der Waals surface area contributed by atoms with Crippen LogP contribution in [0.25, 0.3) is 0 Å². The van der Waals surface area contributed by atoms with E-state index in [1.165, 1.54) is 13.0 Å². The van der Waals surface area contributed by atoms with Crippen LogP contribution in [0.5, 0.6) is 0 Å². The summed E-state index contributed by atoms with van der Waals surface area (Å²) in [6.07, 6.45) is -0.620. The van der Waals surface area contributed by atoms with E-state index in [2.05, 4.69) is 6.92 Å². The van der Waals surface area contributed by atoms with Crippen molar-refractivity contribution in [3.8, 4) is 0 Å². The number of ether oxygens (including phenoxy) is 10. The van der Waals surface area contributed by atoms with E-state index in [0.717, 1.165) is 11.1 Å². The Morgan fingerprint density at radius 3 is 1.85 bits per heavy atom. The van der Waals surface area contributed by atoms with Crippen molar-refractivity contribution in [2.75, 3.05) is 21.3 Å². The van der Waals surface area contributed by atoms with E-state index in [0.29, 0.717) is 38.5 Å². The number of allylic oxidation sites excluding steroid dienone is 1. The van der Waals surface area contributed by atoms with Gasteiger partial charge in [0.15, 0.2) is 24.7 Å². The van der Waals surface area contributed by atoms with Crippen LogP contribution < -0.4 is 0 Å². The molecule has 16 nitrogen and oxygen atoms in total. The standard InChI is InChI=1S/C49H78O16/c1-25(2)26(3)19-38(51)63-37-24-36-45(8)15-14-32(20-31(45)13-16-48(36,54)49(55)18-17-47(53,30(7)50)46(37,49)9)62-39-22-34(57-11)43(28(5)60-39)65-41-23-35(58-12)44(29(6)61-41)64-40-21-33(56-10)42(52)27(4)59-40/h13,19,25,27-29,32-37,39-44,52-55H,14-18,20-24H2,1-12H3/t27?,28?,29?,32?,33?,34?,35?,36-,37?,39?,40?,41?,42?,43?,44?,45-,46+,47+,48-,49+/m0/s1. The van der Waals surface area contributed by atoms with Crippen molar-refractivity contribution in [2.45, 2.75) is 229 Å². The van der Waals surface area contributed by atoms with Crippen molar-refractivity contribution in [1.82, 2.24) is 0 Å². The minimum absolute atomic E-state index is 0.0276. The number of carbonyl (C=O) groups excluding carboxylic acids is 2. The number of ketones is 1. The monoisotopic (exact) mass is 923 g/mol. The minimum atomic E-state index is -2.02. The van der Waals surface area contributed by atoms with E-state index in [-0.39, 0.29) is 49.9 Å². The second-order valence-corrected chi connectivity index (χ2v) is 21.0.